The molecule has 0 radical (unpaired) electrons. The third kappa shape index (κ3) is 8.49. The molecule has 0 bridgehead atoms. The first-order chi connectivity index (χ1) is 41.5. The van der Waals surface area contributed by atoms with Gasteiger partial charge in [-0.3, -0.25) is 0 Å². The molecule has 2 aliphatic heterocycles. The molecule has 4 heterocycles. The van der Waals surface area contributed by atoms with E-state index >= 15 is 0 Å². The molecular weight excluding hydrogens is 1120 g/mol. The molecule has 0 N–H and O–H groups in total. The fraction of sp³-hybridized carbons (Fsp3) is 0.130. The first kappa shape index (κ1) is 38.3. The van der Waals surface area contributed by atoms with Crippen molar-refractivity contribution in [2.45, 2.75) is 53.3 Å². The van der Waals surface area contributed by atoms with Crippen molar-refractivity contribution in [2.75, 3.05) is 9.62 Å². The number of imidazole rings is 1. The predicted octanol–water partition coefficient (Wildman–Crippen LogP) is 16.8. The van der Waals surface area contributed by atoms with Crippen LogP contribution in [0.3, 0.4) is 0 Å². The Balaban J connectivity index is 1.05. The Bertz CT molecular complexity index is 4640. The Morgan fingerprint density at radius 1 is 0.662 bits per heavy atom. The van der Waals surface area contributed by atoms with E-state index < -0.39 is 44.3 Å². The van der Waals surface area contributed by atoms with E-state index in [1.807, 2.05) is 137 Å². The third-order valence-corrected chi connectivity index (χ3v) is 15.3. The van der Waals surface area contributed by atoms with Crippen molar-refractivity contribution in [1.82, 2.24) is 14.1 Å². The van der Waals surface area contributed by atoms with E-state index in [0.717, 1.165) is 44.7 Å². The molecule has 0 amide bonds. The van der Waals surface area contributed by atoms with Crippen LogP contribution in [0.4, 0.5) is 22.9 Å². The summed E-state index contributed by atoms with van der Waals surface area (Å²) in [5.74, 6) is -0.0488. The summed E-state index contributed by atoms with van der Waals surface area (Å²) in [6, 6.07) is 63.0. The molecule has 0 saturated heterocycles. The topological polar surface area (TPSA) is 38.5 Å². The Kier molecular flexibility index (Phi) is 9.65. The van der Waals surface area contributed by atoms with Crippen molar-refractivity contribution in [3.63, 3.8) is 0 Å². The van der Waals surface area contributed by atoms with Gasteiger partial charge in [-0.25, -0.2) is 0 Å². The van der Waals surface area contributed by atoms with Crippen molar-refractivity contribution >= 4 is 46.4 Å². The van der Waals surface area contributed by atoms with Crippen molar-refractivity contribution in [3.8, 4) is 67.5 Å². The minimum absolute atomic E-state index is 0.0223. The fourth-order valence-electron chi connectivity index (χ4n) is 11.0. The molecule has 0 saturated carbocycles. The average Bonchev–Trinajstić information content (AvgIpc) is 1.61. The second kappa shape index (κ2) is 19.4. The summed E-state index contributed by atoms with van der Waals surface area (Å²) in [7, 11) is 0. The number of hydrogen-bond donors (Lipinski definition) is 0. The van der Waals surface area contributed by atoms with Crippen LogP contribution in [0.25, 0.3) is 66.9 Å². The zero-order chi connectivity index (χ0) is 61.2. The van der Waals surface area contributed by atoms with E-state index in [1.165, 1.54) is 6.07 Å². The molecule has 11 aromatic rings. The van der Waals surface area contributed by atoms with Gasteiger partial charge in [0.15, 0.2) is 0 Å². The van der Waals surface area contributed by atoms with Gasteiger partial charge in [-0.1, -0.05) is 42.5 Å². The molecule has 9 aromatic carbocycles. The van der Waals surface area contributed by atoms with E-state index in [9.17, 15) is 5.48 Å². The van der Waals surface area contributed by atoms with Gasteiger partial charge in [0.05, 0.1) is 0 Å². The van der Waals surface area contributed by atoms with E-state index in [2.05, 4.69) is 106 Å². The number of rotatable bonds is 10. The molecule has 2 aromatic heterocycles. The summed E-state index contributed by atoms with van der Waals surface area (Å²) in [4.78, 5) is 9.51. The van der Waals surface area contributed by atoms with Crippen LogP contribution in [0, 0.1) is 28.7 Å². The summed E-state index contributed by atoms with van der Waals surface area (Å²) in [5.41, 5.74) is 12.5. The molecule has 0 unspecified atom stereocenters. The van der Waals surface area contributed by atoms with Gasteiger partial charge in [-0.2, -0.15) is 12.1 Å². The van der Waals surface area contributed by atoms with Gasteiger partial charge in [0.25, 0.3) is 0 Å². The van der Waals surface area contributed by atoms with Gasteiger partial charge in [0.2, 0.25) is 0 Å². The Morgan fingerprint density at radius 2 is 1.34 bits per heavy atom. The van der Waals surface area contributed by atoms with Crippen LogP contribution in [0.5, 0.6) is 11.6 Å². The van der Waals surface area contributed by atoms with Crippen LogP contribution >= 0.6 is 0 Å². The number of nitrogens with zero attached hydrogens (tertiary/aromatic N) is 5. The molecule has 2 aliphatic rings. The maximum atomic E-state index is 9.46. The van der Waals surface area contributed by atoms with E-state index in [-0.39, 0.29) is 40.3 Å². The van der Waals surface area contributed by atoms with Crippen molar-refractivity contribution in [3.05, 3.63) is 245 Å². The molecule has 0 atom stereocenters. The Morgan fingerprint density at radius 3 is 2.10 bits per heavy atom. The van der Waals surface area contributed by atoms with Crippen molar-refractivity contribution in [2.24, 2.45) is 5.92 Å². The second-order valence-corrected chi connectivity index (χ2v) is 21.7. The summed E-state index contributed by atoms with van der Waals surface area (Å²) in [6.45, 7) is 7.00. The van der Waals surface area contributed by atoms with Gasteiger partial charge < -0.3 is 0 Å². The SMILES string of the molecule is [2H]c1c([2H])c([2H])c(-c2cccc(-c3ccc(C(C)(C)C)cc3)c2-n2[c](=[Pt])n(-c3[c-]c(Oc4cc(C([2H])([2H])[2H])cc(N5B6c7ccccc7-c7ccccc7N6c6ccc[c-]c65)n4)c(-c4ccccc4C([2H])([2H])C(C)C)cc3)c3ccccc32)c([2H])c1[2H]. The zero-order valence-electron chi connectivity index (χ0n) is 52.9. The number of para-hydroxylation sites is 5. The molecule has 0 spiro atoms. The number of ether oxygens (including phenoxy) is 1. The fourth-order valence-corrected chi connectivity index (χ4v) is 12.0. The summed E-state index contributed by atoms with van der Waals surface area (Å²) in [5, 5.41) is 0. The quantitative estimate of drug-likeness (QED) is 0.101. The van der Waals surface area contributed by atoms with Crippen LogP contribution in [-0.2, 0) is 31.1 Å². The number of fused-ring (bicyclic) bond motifs is 9. The average molecular weight is 1190 g/mol. The third-order valence-electron chi connectivity index (χ3n) is 14.3. The van der Waals surface area contributed by atoms with Gasteiger partial charge >= 0.3 is 396 Å². The van der Waals surface area contributed by atoms with Gasteiger partial charge in [0.1, 0.15) is 0 Å². The second-order valence-electron chi connectivity index (χ2n) is 20.6. The number of hydrogen-bond acceptors (Lipinski definition) is 4. The number of aromatic nitrogens is 3. The Hall–Kier alpha value is -8.25. The van der Waals surface area contributed by atoms with Gasteiger partial charge in [0, 0.05) is 11.3 Å². The van der Waals surface area contributed by atoms with Crippen molar-refractivity contribution < 1.29 is 37.8 Å². The molecule has 0 aliphatic carbocycles. The van der Waals surface area contributed by atoms with E-state index in [4.69, 9.17) is 17.9 Å². The number of aryl methyl sites for hydroxylation is 1. The molecule has 0 fully saturated rings. The first-order valence-electron chi connectivity index (χ1n) is 30.7. The zero-order valence-corrected chi connectivity index (χ0v) is 45.2. The van der Waals surface area contributed by atoms with Crippen LogP contribution in [0.1, 0.15) is 65.0 Å². The normalized spacial score (nSPS) is 14.9. The van der Waals surface area contributed by atoms with Crippen LogP contribution in [0.15, 0.2) is 212 Å². The molecule has 8 heteroatoms. The summed E-state index contributed by atoms with van der Waals surface area (Å²) >= 11 is 2.26. The molecule has 6 nitrogen and oxygen atoms in total. The Labute approximate surface area is 477 Å². The van der Waals surface area contributed by atoms with Crippen LogP contribution in [-0.4, -0.2) is 21.1 Å². The molecule has 13 rings (SSSR count). The van der Waals surface area contributed by atoms with E-state index in [0.29, 0.717) is 60.0 Å². The number of pyridine rings is 1. The minimum atomic E-state index is -2.63. The van der Waals surface area contributed by atoms with Crippen LogP contribution in [0.2, 0.25) is 0 Å². The van der Waals surface area contributed by atoms with Gasteiger partial charge in [-0.05, 0) is 11.6 Å². The predicted molar refractivity (Wildman–Crippen MR) is 314 cm³/mol. The molecular formula is C69H56BN5OPt-2. The standard InChI is InChI=1S/C69H56BN5O.Pt/c1-46(2)41-50-23-10-11-24-53(50)58-40-39-52(72-45-73(62-32-17-16-31-61(62)72)68-54(48-21-8-7-9-22-48)27-20-28-55(68)49-35-37-51(38-36-49)69(4,5)6)44-65(58)76-67-43-47(3)42-66(71-67)75-64-34-19-18-33-63(64)74-60-30-15-13-26-57(60)56-25-12-14-29-59(56)70(74)75;/h7-33,35-40,42-43,46H,41H2,1-6H3;/q-2;/i3D3,7D,8D,9D,21D,22D,41D2;. The molecule has 378 valence electrons. The van der Waals surface area contributed by atoms with Crippen molar-refractivity contribution in [1.29, 1.82) is 0 Å². The van der Waals surface area contributed by atoms with Crippen LogP contribution < -0.4 is 19.8 Å². The number of benzene rings is 9. The van der Waals surface area contributed by atoms with Gasteiger partial charge in [-0.15, -0.1) is 6.07 Å². The monoisotopic (exact) mass is 1190 g/mol. The van der Waals surface area contributed by atoms with E-state index in [1.54, 1.807) is 18.2 Å². The summed E-state index contributed by atoms with van der Waals surface area (Å²) in [6.07, 6.45) is -1.81. The first-order valence-corrected chi connectivity index (χ1v) is 26.8. The number of anilines is 4. The molecule has 77 heavy (non-hydrogen) atoms. The maximum absolute atomic E-state index is 9.46. The summed E-state index contributed by atoms with van der Waals surface area (Å²) < 4.78 is 102.